The third-order valence-corrected chi connectivity index (χ3v) is 5.13. The Kier molecular flexibility index (Phi) is 3.49. The Morgan fingerprint density at radius 3 is 2.70 bits per heavy atom. The number of benzene rings is 1. The van der Waals surface area contributed by atoms with Crippen LogP contribution >= 0.6 is 34.5 Å². The van der Waals surface area contributed by atoms with Crippen LogP contribution in [0.2, 0.25) is 8.67 Å². The molecule has 2 aromatic rings. The van der Waals surface area contributed by atoms with Crippen LogP contribution in [0, 0.1) is 0 Å². The Balaban J connectivity index is 2.02. The second-order valence-corrected chi connectivity index (χ2v) is 7.90. The van der Waals surface area contributed by atoms with E-state index in [-0.39, 0.29) is 5.41 Å². The van der Waals surface area contributed by atoms with Crippen molar-refractivity contribution < 1.29 is 9.84 Å². The van der Waals surface area contributed by atoms with Gasteiger partial charge in [0, 0.05) is 16.5 Å². The molecular formula is C15H14Cl2O2S. The highest BCUT2D eigenvalue weighted by Crippen LogP contribution is 2.42. The minimum absolute atomic E-state index is 0.0405. The molecule has 3 rings (SSSR count). The van der Waals surface area contributed by atoms with E-state index in [1.165, 1.54) is 11.3 Å². The number of thiophene rings is 1. The van der Waals surface area contributed by atoms with Crippen molar-refractivity contribution in [1.82, 2.24) is 0 Å². The number of fused-ring (bicyclic) bond motifs is 1. The summed E-state index contributed by atoms with van der Waals surface area (Å²) in [6, 6.07) is 7.49. The van der Waals surface area contributed by atoms with Gasteiger partial charge in [-0.05, 0) is 23.8 Å². The third-order valence-electron chi connectivity index (χ3n) is 3.61. The van der Waals surface area contributed by atoms with E-state index in [1.807, 2.05) is 18.2 Å². The van der Waals surface area contributed by atoms with E-state index in [9.17, 15) is 5.11 Å². The van der Waals surface area contributed by atoms with E-state index in [2.05, 4.69) is 13.8 Å². The van der Waals surface area contributed by atoms with Gasteiger partial charge in [0.15, 0.2) is 0 Å². The number of halogens is 2. The van der Waals surface area contributed by atoms with Crippen LogP contribution in [-0.2, 0) is 5.41 Å². The molecule has 106 valence electrons. The molecule has 0 spiro atoms. The normalized spacial score (nSPS) is 17.6. The summed E-state index contributed by atoms with van der Waals surface area (Å²) in [6.07, 6.45) is -0.770. The minimum atomic E-state index is -0.770. The van der Waals surface area contributed by atoms with Crippen LogP contribution in [0.25, 0.3) is 0 Å². The lowest BCUT2D eigenvalue weighted by Gasteiger charge is -2.17. The lowest BCUT2D eigenvalue weighted by Crippen LogP contribution is -2.18. The Morgan fingerprint density at radius 2 is 2.05 bits per heavy atom. The Labute approximate surface area is 131 Å². The van der Waals surface area contributed by atoms with E-state index in [0.717, 1.165) is 16.9 Å². The van der Waals surface area contributed by atoms with Gasteiger partial charge in [-0.3, -0.25) is 0 Å². The standard InChI is InChI=1S/C15H14Cl2O2S/c1-15(2)7-19-11-4-3-8(5-10(11)15)13(18)9-6-12(16)20-14(9)17/h3-6,13,18H,7H2,1-2H3. The van der Waals surface area contributed by atoms with Gasteiger partial charge < -0.3 is 9.84 Å². The molecule has 0 bridgehead atoms. The fraction of sp³-hybridized carbons (Fsp3) is 0.333. The summed E-state index contributed by atoms with van der Waals surface area (Å²) in [4.78, 5) is 0. The van der Waals surface area contributed by atoms with Crippen LogP contribution < -0.4 is 4.74 Å². The Hall–Kier alpha value is -0.740. The van der Waals surface area contributed by atoms with Crippen LogP contribution in [-0.4, -0.2) is 11.7 Å². The molecule has 0 saturated carbocycles. The summed E-state index contributed by atoms with van der Waals surface area (Å²) >= 11 is 13.3. The van der Waals surface area contributed by atoms with Crippen molar-refractivity contribution in [3.63, 3.8) is 0 Å². The monoisotopic (exact) mass is 328 g/mol. The molecule has 20 heavy (non-hydrogen) atoms. The van der Waals surface area contributed by atoms with Crippen molar-refractivity contribution in [2.24, 2.45) is 0 Å². The Morgan fingerprint density at radius 1 is 1.30 bits per heavy atom. The predicted molar refractivity (Wildman–Crippen MR) is 83.4 cm³/mol. The molecule has 1 atom stereocenters. The van der Waals surface area contributed by atoms with Crippen molar-refractivity contribution in [3.05, 3.63) is 49.6 Å². The van der Waals surface area contributed by atoms with Gasteiger partial charge in [0.1, 0.15) is 16.2 Å². The second-order valence-electron chi connectivity index (χ2n) is 5.61. The molecule has 1 aliphatic rings. The van der Waals surface area contributed by atoms with E-state index in [4.69, 9.17) is 27.9 Å². The van der Waals surface area contributed by atoms with Crippen molar-refractivity contribution in [2.75, 3.05) is 6.61 Å². The molecule has 0 amide bonds. The second kappa shape index (κ2) is 4.92. The number of aliphatic hydroxyl groups excluding tert-OH is 1. The summed E-state index contributed by atoms with van der Waals surface area (Å²) < 4.78 is 6.76. The molecule has 1 unspecified atom stereocenters. The number of aliphatic hydroxyl groups is 1. The molecule has 0 radical (unpaired) electrons. The minimum Gasteiger partial charge on any atom is -0.492 e. The van der Waals surface area contributed by atoms with Gasteiger partial charge in [0.25, 0.3) is 0 Å². The van der Waals surface area contributed by atoms with Crippen LogP contribution in [0.3, 0.4) is 0 Å². The first-order chi connectivity index (χ1) is 9.38. The zero-order chi connectivity index (χ0) is 14.5. The molecule has 1 N–H and O–H groups in total. The van der Waals surface area contributed by atoms with E-state index in [1.54, 1.807) is 6.07 Å². The molecule has 2 nitrogen and oxygen atoms in total. The fourth-order valence-electron chi connectivity index (χ4n) is 2.43. The molecule has 0 fully saturated rings. The van der Waals surface area contributed by atoms with E-state index < -0.39 is 6.10 Å². The molecule has 1 aromatic carbocycles. The van der Waals surface area contributed by atoms with E-state index >= 15 is 0 Å². The third kappa shape index (κ3) is 2.33. The molecule has 5 heteroatoms. The maximum atomic E-state index is 10.5. The molecule has 1 aromatic heterocycles. The lowest BCUT2D eigenvalue weighted by atomic mass is 9.85. The van der Waals surface area contributed by atoms with Gasteiger partial charge >= 0.3 is 0 Å². The van der Waals surface area contributed by atoms with Gasteiger partial charge in [-0.1, -0.05) is 43.1 Å². The molecule has 1 aliphatic heterocycles. The van der Waals surface area contributed by atoms with Gasteiger partial charge in [-0.15, -0.1) is 11.3 Å². The van der Waals surface area contributed by atoms with Crippen LogP contribution in [0.5, 0.6) is 5.75 Å². The maximum absolute atomic E-state index is 10.5. The van der Waals surface area contributed by atoms with Gasteiger partial charge in [0.2, 0.25) is 0 Å². The number of hydrogen-bond donors (Lipinski definition) is 1. The SMILES string of the molecule is CC1(C)COc2ccc(C(O)c3cc(Cl)sc3Cl)cc21. The van der Waals surface area contributed by atoms with Gasteiger partial charge in [-0.25, -0.2) is 0 Å². The summed E-state index contributed by atoms with van der Waals surface area (Å²) in [5.41, 5.74) is 2.53. The molecule has 0 aliphatic carbocycles. The smallest absolute Gasteiger partial charge is 0.123 e. The molecular weight excluding hydrogens is 315 g/mol. The first kappa shape index (κ1) is 14.2. The predicted octanol–water partition coefficient (Wildman–Crippen LogP) is 4.81. The van der Waals surface area contributed by atoms with Crippen LogP contribution in [0.4, 0.5) is 0 Å². The van der Waals surface area contributed by atoms with Crippen molar-refractivity contribution >= 4 is 34.5 Å². The molecule has 0 saturated heterocycles. The Bertz CT molecular complexity index is 664. The summed E-state index contributed by atoms with van der Waals surface area (Å²) in [5, 5.41) is 10.5. The quantitative estimate of drug-likeness (QED) is 0.857. The van der Waals surface area contributed by atoms with Crippen molar-refractivity contribution in [2.45, 2.75) is 25.4 Å². The van der Waals surface area contributed by atoms with Crippen molar-refractivity contribution in [3.8, 4) is 5.75 Å². The highest BCUT2D eigenvalue weighted by Gasteiger charge is 2.32. The van der Waals surface area contributed by atoms with Crippen LogP contribution in [0.15, 0.2) is 24.3 Å². The highest BCUT2D eigenvalue weighted by molar-refractivity contribution is 7.20. The number of ether oxygens (including phenoxy) is 1. The van der Waals surface area contributed by atoms with Gasteiger partial charge in [0.05, 0.1) is 10.9 Å². The first-order valence-electron chi connectivity index (χ1n) is 6.28. The fourth-order valence-corrected chi connectivity index (χ4v) is 3.95. The van der Waals surface area contributed by atoms with E-state index in [0.29, 0.717) is 20.8 Å². The first-order valence-corrected chi connectivity index (χ1v) is 7.86. The zero-order valence-corrected chi connectivity index (χ0v) is 13.4. The summed E-state index contributed by atoms with van der Waals surface area (Å²) in [6.45, 7) is 4.92. The van der Waals surface area contributed by atoms with Crippen LogP contribution in [0.1, 0.15) is 36.6 Å². The lowest BCUT2D eigenvalue weighted by molar-refractivity contribution is 0.221. The van der Waals surface area contributed by atoms with Gasteiger partial charge in [-0.2, -0.15) is 0 Å². The summed E-state index contributed by atoms with van der Waals surface area (Å²) in [5.74, 6) is 0.889. The zero-order valence-electron chi connectivity index (χ0n) is 11.1. The maximum Gasteiger partial charge on any atom is 0.123 e. The highest BCUT2D eigenvalue weighted by atomic mass is 35.5. The number of hydrogen-bond acceptors (Lipinski definition) is 3. The largest absolute Gasteiger partial charge is 0.492 e. The summed E-state index contributed by atoms with van der Waals surface area (Å²) in [7, 11) is 0. The van der Waals surface area contributed by atoms with Crippen molar-refractivity contribution in [1.29, 1.82) is 0 Å². The average Bonchev–Trinajstić information content (AvgIpc) is 2.88. The number of rotatable bonds is 2. The average molecular weight is 329 g/mol. The topological polar surface area (TPSA) is 29.5 Å². The molecule has 2 heterocycles.